The zero-order valence-electron chi connectivity index (χ0n) is 11.3. The Bertz CT molecular complexity index is 709. The number of rotatable bonds is 5. The summed E-state index contributed by atoms with van der Waals surface area (Å²) < 4.78 is 13.6. The first-order valence-corrected chi connectivity index (χ1v) is 6.74. The molecule has 0 aliphatic carbocycles. The van der Waals surface area contributed by atoms with Crippen molar-refractivity contribution in [2.45, 2.75) is 12.5 Å². The third-order valence-electron chi connectivity index (χ3n) is 2.94. The van der Waals surface area contributed by atoms with Gasteiger partial charge in [-0.1, -0.05) is 29.8 Å². The van der Waals surface area contributed by atoms with Crippen LogP contribution in [0.25, 0.3) is 0 Å². The lowest BCUT2D eigenvalue weighted by molar-refractivity contribution is -0.137. The van der Waals surface area contributed by atoms with E-state index in [1.54, 1.807) is 24.3 Å². The molecule has 1 heterocycles. The highest BCUT2D eigenvalue weighted by atomic mass is 35.5. The van der Waals surface area contributed by atoms with Crippen molar-refractivity contribution >= 4 is 23.5 Å². The molecule has 114 valence electrons. The van der Waals surface area contributed by atoms with Crippen molar-refractivity contribution in [1.29, 1.82) is 0 Å². The maximum Gasteiger partial charge on any atom is 0.305 e. The number of amides is 1. The van der Waals surface area contributed by atoms with Gasteiger partial charge in [0.05, 0.1) is 12.5 Å². The van der Waals surface area contributed by atoms with Crippen molar-refractivity contribution in [3.63, 3.8) is 0 Å². The molecule has 5 nitrogen and oxygen atoms in total. The summed E-state index contributed by atoms with van der Waals surface area (Å²) in [6.45, 7) is 0. The van der Waals surface area contributed by atoms with E-state index in [0.717, 1.165) is 6.07 Å². The number of pyridine rings is 1. The van der Waals surface area contributed by atoms with E-state index in [0.29, 0.717) is 10.6 Å². The molecule has 1 aromatic heterocycles. The van der Waals surface area contributed by atoms with Gasteiger partial charge in [-0.15, -0.1) is 0 Å². The van der Waals surface area contributed by atoms with Gasteiger partial charge in [-0.05, 0) is 23.8 Å². The summed E-state index contributed by atoms with van der Waals surface area (Å²) in [5, 5.41) is 11.8. The van der Waals surface area contributed by atoms with Crippen molar-refractivity contribution in [3.05, 3.63) is 64.7 Å². The maximum atomic E-state index is 13.6. The van der Waals surface area contributed by atoms with Gasteiger partial charge in [0.2, 0.25) is 0 Å². The summed E-state index contributed by atoms with van der Waals surface area (Å²) in [7, 11) is 0. The summed E-state index contributed by atoms with van der Waals surface area (Å²) in [5.74, 6) is -2.70. The average molecular weight is 323 g/mol. The molecule has 22 heavy (non-hydrogen) atoms. The van der Waals surface area contributed by atoms with Gasteiger partial charge in [0.15, 0.2) is 11.5 Å². The second-order valence-corrected chi connectivity index (χ2v) is 4.89. The Morgan fingerprint density at radius 2 is 2.00 bits per heavy atom. The molecule has 1 aromatic carbocycles. The lowest BCUT2D eigenvalue weighted by Gasteiger charge is -2.18. The van der Waals surface area contributed by atoms with Crippen molar-refractivity contribution < 1.29 is 19.1 Å². The average Bonchev–Trinajstić information content (AvgIpc) is 2.47. The van der Waals surface area contributed by atoms with E-state index < -0.39 is 29.4 Å². The van der Waals surface area contributed by atoms with Crippen LogP contribution in [-0.4, -0.2) is 22.0 Å². The van der Waals surface area contributed by atoms with Crippen LogP contribution in [0.2, 0.25) is 5.02 Å². The fourth-order valence-corrected chi connectivity index (χ4v) is 2.22. The molecule has 7 heteroatoms. The number of halogens is 2. The molecular weight excluding hydrogens is 311 g/mol. The molecule has 1 amide bonds. The molecule has 0 aliphatic heterocycles. The van der Waals surface area contributed by atoms with E-state index in [2.05, 4.69) is 10.3 Å². The number of nitrogens with one attached hydrogen (secondary N) is 1. The first-order chi connectivity index (χ1) is 10.5. The standard InChI is InChI=1S/C15H12ClFN2O3/c16-10-5-2-1-4-9(10)12(8-13(20)21)19-15(22)14-11(17)6-3-7-18-14/h1-7,12H,8H2,(H,19,22)(H,20,21)/t12-/m1/s1. The largest absolute Gasteiger partial charge is 0.481 e. The lowest BCUT2D eigenvalue weighted by Crippen LogP contribution is -2.31. The van der Waals surface area contributed by atoms with Crippen molar-refractivity contribution in [2.24, 2.45) is 0 Å². The molecule has 1 atom stereocenters. The zero-order chi connectivity index (χ0) is 16.1. The summed E-state index contributed by atoms with van der Waals surface area (Å²) in [5.41, 5.74) is 0.0428. The Morgan fingerprint density at radius 3 is 2.64 bits per heavy atom. The van der Waals surface area contributed by atoms with Crippen LogP contribution >= 0.6 is 11.6 Å². The van der Waals surface area contributed by atoms with E-state index in [4.69, 9.17) is 16.7 Å². The molecule has 0 bridgehead atoms. The fourth-order valence-electron chi connectivity index (χ4n) is 1.95. The van der Waals surface area contributed by atoms with E-state index in [9.17, 15) is 14.0 Å². The van der Waals surface area contributed by atoms with Gasteiger partial charge < -0.3 is 10.4 Å². The number of carboxylic acid groups (broad SMARTS) is 1. The summed E-state index contributed by atoms with van der Waals surface area (Å²) in [6.07, 6.45) is 0.892. The Hall–Kier alpha value is -2.47. The van der Waals surface area contributed by atoms with Gasteiger partial charge >= 0.3 is 5.97 Å². The number of hydrogen-bond donors (Lipinski definition) is 2. The van der Waals surface area contributed by atoms with Crippen LogP contribution in [0.5, 0.6) is 0 Å². The minimum absolute atomic E-state index is 0.315. The second-order valence-electron chi connectivity index (χ2n) is 4.48. The number of hydrogen-bond acceptors (Lipinski definition) is 3. The first kappa shape index (κ1) is 15.9. The van der Waals surface area contributed by atoms with Crippen LogP contribution in [0.3, 0.4) is 0 Å². The van der Waals surface area contributed by atoms with Gasteiger partial charge in [0.1, 0.15) is 0 Å². The molecule has 0 radical (unpaired) electrons. The molecule has 2 N–H and O–H groups in total. The summed E-state index contributed by atoms with van der Waals surface area (Å²) in [4.78, 5) is 26.7. The predicted molar refractivity (Wildman–Crippen MR) is 78.1 cm³/mol. The van der Waals surface area contributed by atoms with E-state index >= 15 is 0 Å². The Morgan fingerprint density at radius 1 is 1.27 bits per heavy atom. The maximum absolute atomic E-state index is 13.6. The smallest absolute Gasteiger partial charge is 0.305 e. The Balaban J connectivity index is 2.28. The van der Waals surface area contributed by atoms with Crippen LogP contribution in [0, 0.1) is 5.82 Å². The van der Waals surface area contributed by atoms with Gasteiger partial charge in [-0.3, -0.25) is 9.59 Å². The number of aromatic nitrogens is 1. The summed E-state index contributed by atoms with van der Waals surface area (Å²) >= 11 is 6.03. The van der Waals surface area contributed by atoms with Gasteiger partial charge in [-0.2, -0.15) is 0 Å². The minimum atomic E-state index is -1.12. The van der Waals surface area contributed by atoms with Crippen LogP contribution in [0.4, 0.5) is 4.39 Å². The zero-order valence-corrected chi connectivity index (χ0v) is 12.0. The van der Waals surface area contributed by atoms with Crippen molar-refractivity contribution in [3.8, 4) is 0 Å². The van der Waals surface area contributed by atoms with Gasteiger partial charge in [0.25, 0.3) is 5.91 Å². The molecule has 0 spiro atoms. The fraction of sp³-hybridized carbons (Fsp3) is 0.133. The van der Waals surface area contributed by atoms with Gasteiger partial charge in [0, 0.05) is 11.2 Å². The van der Waals surface area contributed by atoms with Crippen LogP contribution in [0.1, 0.15) is 28.5 Å². The normalized spacial score (nSPS) is 11.7. The number of carboxylic acids is 1. The molecular formula is C15H12ClFN2O3. The third kappa shape index (κ3) is 3.79. The Kier molecular flexibility index (Phi) is 5.06. The first-order valence-electron chi connectivity index (χ1n) is 6.36. The molecule has 0 aliphatic rings. The van der Waals surface area contributed by atoms with E-state index in [-0.39, 0.29) is 6.42 Å². The molecule has 0 unspecified atom stereocenters. The number of carbonyl (C=O) groups is 2. The highest BCUT2D eigenvalue weighted by Gasteiger charge is 2.22. The van der Waals surface area contributed by atoms with Crippen molar-refractivity contribution in [2.75, 3.05) is 0 Å². The highest BCUT2D eigenvalue weighted by Crippen LogP contribution is 2.25. The number of benzene rings is 1. The number of aliphatic carboxylic acids is 1. The Labute approximate surface area is 130 Å². The lowest BCUT2D eigenvalue weighted by atomic mass is 10.0. The van der Waals surface area contributed by atoms with Crippen LogP contribution < -0.4 is 5.32 Å². The molecule has 0 saturated carbocycles. The van der Waals surface area contributed by atoms with Crippen LogP contribution in [0.15, 0.2) is 42.6 Å². The van der Waals surface area contributed by atoms with Gasteiger partial charge in [-0.25, -0.2) is 9.37 Å². The van der Waals surface area contributed by atoms with E-state index in [1.807, 2.05) is 0 Å². The predicted octanol–water partition coefficient (Wildman–Crippen LogP) is 2.82. The highest BCUT2D eigenvalue weighted by molar-refractivity contribution is 6.31. The number of nitrogens with zero attached hydrogens (tertiary/aromatic N) is 1. The monoisotopic (exact) mass is 322 g/mol. The second kappa shape index (κ2) is 7.00. The third-order valence-corrected chi connectivity index (χ3v) is 3.28. The van der Waals surface area contributed by atoms with E-state index in [1.165, 1.54) is 12.3 Å². The molecule has 2 aromatic rings. The molecule has 2 rings (SSSR count). The van der Waals surface area contributed by atoms with Crippen LogP contribution in [-0.2, 0) is 4.79 Å². The topological polar surface area (TPSA) is 79.3 Å². The number of carbonyl (C=O) groups excluding carboxylic acids is 1. The minimum Gasteiger partial charge on any atom is -0.481 e. The van der Waals surface area contributed by atoms with Crippen molar-refractivity contribution in [1.82, 2.24) is 10.3 Å². The molecule has 0 fully saturated rings. The quantitative estimate of drug-likeness (QED) is 0.887. The summed E-state index contributed by atoms with van der Waals surface area (Å²) in [6, 6.07) is 8.11. The molecule has 0 saturated heterocycles. The SMILES string of the molecule is O=C(O)C[C@@H](NC(=O)c1ncccc1F)c1ccccc1Cl.